The van der Waals surface area contributed by atoms with Gasteiger partial charge in [-0.1, -0.05) is 32.0 Å². The number of nitrogens with one attached hydrogen (secondary N) is 2. The zero-order chi connectivity index (χ0) is 21.2. The minimum Gasteiger partial charge on any atom is -0.324 e. The molecule has 5 nitrogen and oxygen atoms in total. The van der Waals surface area contributed by atoms with Crippen LogP contribution in [0.3, 0.4) is 0 Å². The van der Waals surface area contributed by atoms with Crippen LogP contribution in [0.5, 0.6) is 0 Å². The lowest BCUT2D eigenvalue weighted by Crippen LogP contribution is -2.52. The van der Waals surface area contributed by atoms with Gasteiger partial charge in [-0.15, -0.1) is 11.3 Å². The summed E-state index contributed by atoms with van der Waals surface area (Å²) in [6.45, 7) is 3.67. The number of alkyl halides is 3. The van der Waals surface area contributed by atoms with Crippen molar-refractivity contribution in [3.05, 3.63) is 46.7 Å². The molecule has 2 atom stereocenters. The molecule has 1 aliphatic heterocycles. The Hall–Kier alpha value is -2.39. The molecule has 2 amide bonds. The number of carbonyl (C=O) groups excluding carboxylic acids is 2. The third-order valence-electron chi connectivity index (χ3n) is 4.76. The molecule has 0 spiro atoms. The van der Waals surface area contributed by atoms with E-state index >= 15 is 0 Å². The van der Waals surface area contributed by atoms with Crippen LogP contribution in [0.4, 0.5) is 24.5 Å². The van der Waals surface area contributed by atoms with Crippen LogP contribution in [0.2, 0.25) is 0 Å². The molecule has 0 saturated carbocycles. The van der Waals surface area contributed by atoms with Crippen LogP contribution in [0.1, 0.15) is 31.2 Å². The lowest BCUT2D eigenvalue weighted by Gasteiger charge is -2.32. The summed E-state index contributed by atoms with van der Waals surface area (Å²) in [5, 5.41) is 7.48. The monoisotopic (exact) mass is 425 g/mol. The second kappa shape index (κ2) is 8.54. The van der Waals surface area contributed by atoms with Crippen LogP contribution >= 0.6 is 11.3 Å². The molecule has 9 heteroatoms. The van der Waals surface area contributed by atoms with Gasteiger partial charge in [-0.2, -0.15) is 13.2 Å². The maximum atomic E-state index is 13.8. The van der Waals surface area contributed by atoms with Gasteiger partial charge in [-0.3, -0.25) is 14.5 Å². The summed E-state index contributed by atoms with van der Waals surface area (Å²) in [6, 6.07) is 7.47. The molecular weight excluding hydrogens is 403 g/mol. The van der Waals surface area contributed by atoms with E-state index in [-0.39, 0.29) is 29.9 Å². The van der Waals surface area contributed by atoms with Crippen molar-refractivity contribution in [2.24, 2.45) is 5.92 Å². The Morgan fingerprint density at radius 3 is 2.62 bits per heavy atom. The van der Waals surface area contributed by atoms with Crippen molar-refractivity contribution in [2.45, 2.75) is 38.5 Å². The van der Waals surface area contributed by atoms with Gasteiger partial charge in [0.15, 0.2) is 0 Å². The Bertz CT molecular complexity index is 868. The number of benzene rings is 1. The zero-order valence-corrected chi connectivity index (χ0v) is 16.8. The maximum Gasteiger partial charge on any atom is 0.409 e. The Labute approximate surface area is 170 Å². The molecule has 0 unspecified atom stereocenters. The molecule has 1 aromatic heterocycles. The number of halogens is 3. The number of amides is 2. The molecule has 0 aliphatic carbocycles. The Kier molecular flexibility index (Phi) is 6.28. The highest BCUT2D eigenvalue weighted by molar-refractivity contribution is 7.10. The predicted molar refractivity (Wildman–Crippen MR) is 107 cm³/mol. The summed E-state index contributed by atoms with van der Waals surface area (Å²) < 4.78 is 41.3. The van der Waals surface area contributed by atoms with E-state index in [2.05, 4.69) is 10.6 Å². The molecule has 0 fully saturated rings. The average molecular weight is 425 g/mol. The highest BCUT2D eigenvalue weighted by Gasteiger charge is 2.48. The van der Waals surface area contributed by atoms with E-state index < -0.39 is 30.5 Å². The first-order valence-corrected chi connectivity index (χ1v) is 10.1. The van der Waals surface area contributed by atoms with Crippen molar-refractivity contribution >= 4 is 34.5 Å². The molecule has 0 radical (unpaired) electrons. The smallest absolute Gasteiger partial charge is 0.324 e. The number of nitrogens with zero attached hydrogens (tertiary/aromatic N) is 1. The lowest BCUT2D eigenvalue weighted by atomic mass is 10.0. The van der Waals surface area contributed by atoms with Gasteiger partial charge in [0.25, 0.3) is 0 Å². The molecule has 156 valence electrons. The summed E-state index contributed by atoms with van der Waals surface area (Å²) in [5.41, 5.74) is 0.237. The van der Waals surface area contributed by atoms with Crippen molar-refractivity contribution in [3.63, 3.8) is 0 Å². The van der Waals surface area contributed by atoms with Gasteiger partial charge >= 0.3 is 6.18 Å². The number of thiophene rings is 1. The summed E-state index contributed by atoms with van der Waals surface area (Å²) >= 11 is 1.52. The van der Waals surface area contributed by atoms with Crippen LogP contribution in [0, 0.1) is 5.92 Å². The number of anilines is 2. The summed E-state index contributed by atoms with van der Waals surface area (Å²) in [6.07, 6.45) is -5.59. The molecule has 0 saturated heterocycles. The van der Waals surface area contributed by atoms with Crippen LogP contribution in [-0.2, 0) is 9.59 Å². The third kappa shape index (κ3) is 4.79. The number of carbonyl (C=O) groups is 2. The molecule has 1 aliphatic rings. The fraction of sp³-hybridized carbons (Fsp3) is 0.400. The number of hydrogen-bond acceptors (Lipinski definition) is 4. The quantitative estimate of drug-likeness (QED) is 0.749. The minimum absolute atomic E-state index is 0.0460. The van der Waals surface area contributed by atoms with E-state index in [0.29, 0.717) is 4.90 Å². The minimum atomic E-state index is -4.74. The Morgan fingerprint density at radius 1 is 1.28 bits per heavy atom. The predicted octanol–water partition coefficient (Wildman–Crippen LogP) is 4.34. The molecule has 1 aromatic carbocycles. The Morgan fingerprint density at radius 2 is 2.00 bits per heavy atom. The highest BCUT2D eigenvalue weighted by atomic mass is 32.1. The van der Waals surface area contributed by atoms with Gasteiger partial charge in [0.2, 0.25) is 11.8 Å². The van der Waals surface area contributed by atoms with Crippen LogP contribution < -0.4 is 15.5 Å². The van der Waals surface area contributed by atoms with Gasteiger partial charge < -0.3 is 10.6 Å². The molecule has 3 rings (SSSR count). The van der Waals surface area contributed by atoms with E-state index in [1.54, 1.807) is 12.1 Å². The zero-order valence-electron chi connectivity index (χ0n) is 16.0. The summed E-state index contributed by atoms with van der Waals surface area (Å²) in [4.78, 5) is 26.7. The van der Waals surface area contributed by atoms with Gasteiger partial charge in [0.1, 0.15) is 6.04 Å². The fourth-order valence-corrected chi connectivity index (χ4v) is 4.38. The van der Waals surface area contributed by atoms with E-state index in [9.17, 15) is 22.8 Å². The van der Waals surface area contributed by atoms with E-state index in [1.807, 2.05) is 31.4 Å². The van der Waals surface area contributed by atoms with Crippen molar-refractivity contribution in [1.82, 2.24) is 5.32 Å². The first kappa shape index (κ1) is 21.3. The van der Waals surface area contributed by atoms with Crippen LogP contribution in [0.25, 0.3) is 0 Å². The van der Waals surface area contributed by atoms with Crippen LogP contribution in [0.15, 0.2) is 41.8 Å². The van der Waals surface area contributed by atoms with Crippen molar-refractivity contribution in [2.75, 3.05) is 16.8 Å². The highest BCUT2D eigenvalue weighted by Crippen LogP contribution is 2.37. The SMILES string of the molecule is CC(C)[C@@H](NCC(=O)N1c2ccccc2NC(=O)C[C@H]1C(F)(F)F)c1cccs1. The maximum absolute atomic E-state index is 13.8. The van der Waals surface area contributed by atoms with Crippen molar-refractivity contribution in [1.29, 1.82) is 0 Å². The fourth-order valence-electron chi connectivity index (χ4n) is 3.41. The van der Waals surface area contributed by atoms with Gasteiger partial charge in [-0.25, -0.2) is 0 Å². The number of fused-ring (bicyclic) bond motifs is 1. The first-order chi connectivity index (χ1) is 13.7. The molecule has 0 bridgehead atoms. The number of hydrogen-bond donors (Lipinski definition) is 2. The second-order valence-electron chi connectivity index (χ2n) is 7.21. The lowest BCUT2D eigenvalue weighted by molar-refractivity contribution is -0.157. The first-order valence-electron chi connectivity index (χ1n) is 9.23. The third-order valence-corrected chi connectivity index (χ3v) is 5.72. The van der Waals surface area contributed by atoms with Crippen LogP contribution in [-0.4, -0.2) is 30.6 Å². The van der Waals surface area contributed by atoms with E-state index in [1.165, 1.54) is 23.5 Å². The molecule has 2 N–H and O–H groups in total. The van der Waals surface area contributed by atoms with Crippen molar-refractivity contribution < 1.29 is 22.8 Å². The topological polar surface area (TPSA) is 61.4 Å². The largest absolute Gasteiger partial charge is 0.409 e. The standard InChI is InChI=1S/C20H22F3N3O2S/c1-12(2)19(15-8-5-9-29-15)24-11-18(28)26-14-7-4-3-6-13(14)25-17(27)10-16(26)20(21,22)23/h3-9,12,16,19,24H,10-11H2,1-2H3,(H,25,27)/t16-,19+/m0/s1. The molecule has 29 heavy (non-hydrogen) atoms. The van der Waals surface area contributed by atoms with Crippen molar-refractivity contribution in [3.8, 4) is 0 Å². The molecule has 2 aromatic rings. The summed E-state index contributed by atoms with van der Waals surface area (Å²) in [7, 11) is 0. The van der Waals surface area contributed by atoms with E-state index in [4.69, 9.17) is 0 Å². The van der Waals surface area contributed by atoms with Gasteiger partial charge in [0.05, 0.1) is 24.3 Å². The number of rotatable bonds is 5. The second-order valence-corrected chi connectivity index (χ2v) is 8.19. The van der Waals surface area contributed by atoms with Gasteiger partial charge in [0, 0.05) is 10.9 Å². The Balaban J connectivity index is 1.90. The summed E-state index contributed by atoms with van der Waals surface area (Å²) in [5.74, 6) is -1.38. The molecular formula is C20H22F3N3O2S. The average Bonchev–Trinajstić information content (AvgIpc) is 3.10. The normalized spacial score (nSPS) is 18.2. The number of para-hydroxylation sites is 2. The van der Waals surface area contributed by atoms with E-state index in [0.717, 1.165) is 4.88 Å². The van der Waals surface area contributed by atoms with Gasteiger partial charge in [-0.05, 0) is 29.5 Å². The molecule has 2 heterocycles.